The first-order chi connectivity index (χ1) is 12.8. The van der Waals surface area contributed by atoms with E-state index >= 15 is 0 Å². The van der Waals surface area contributed by atoms with Crippen LogP contribution in [-0.2, 0) is 19.1 Å². The van der Waals surface area contributed by atoms with Crippen LogP contribution in [0.1, 0.15) is 39.2 Å². The molecule has 0 spiro atoms. The Morgan fingerprint density at radius 1 is 1.37 bits per heavy atom. The van der Waals surface area contributed by atoms with Gasteiger partial charge < -0.3 is 19.5 Å². The smallest absolute Gasteiger partial charge is 0.339 e. The SMILES string of the molecule is CCN1C(C)=C(C(=O)OC(C)C)C(c2ccccc2Cl)C2=C1C(O)OC2=O. The Morgan fingerprint density at radius 2 is 2.04 bits per heavy atom. The van der Waals surface area contributed by atoms with Gasteiger partial charge in [-0.2, -0.15) is 0 Å². The Morgan fingerprint density at radius 3 is 2.63 bits per heavy atom. The maximum atomic E-state index is 13.0. The second-order valence-electron chi connectivity index (χ2n) is 6.71. The molecule has 2 aliphatic heterocycles. The zero-order valence-corrected chi connectivity index (χ0v) is 16.4. The molecule has 1 aromatic carbocycles. The molecule has 2 unspecified atom stereocenters. The number of carbonyl (C=O) groups excluding carboxylic acids is 2. The zero-order chi connectivity index (χ0) is 19.9. The molecule has 0 amide bonds. The van der Waals surface area contributed by atoms with Crippen molar-refractivity contribution in [3.8, 4) is 0 Å². The van der Waals surface area contributed by atoms with Crippen LogP contribution in [0, 0.1) is 0 Å². The summed E-state index contributed by atoms with van der Waals surface area (Å²) in [4.78, 5) is 27.3. The fourth-order valence-electron chi connectivity index (χ4n) is 3.65. The maximum absolute atomic E-state index is 13.0. The Labute approximate surface area is 163 Å². The summed E-state index contributed by atoms with van der Waals surface area (Å²) in [7, 11) is 0. The Balaban J connectivity index is 2.27. The molecule has 27 heavy (non-hydrogen) atoms. The van der Waals surface area contributed by atoms with Gasteiger partial charge in [-0.05, 0) is 39.3 Å². The van der Waals surface area contributed by atoms with Crippen molar-refractivity contribution in [2.75, 3.05) is 6.54 Å². The topological polar surface area (TPSA) is 76.1 Å². The van der Waals surface area contributed by atoms with Crippen LogP contribution in [0.25, 0.3) is 0 Å². The number of esters is 2. The normalized spacial score (nSPS) is 22.3. The van der Waals surface area contributed by atoms with Gasteiger partial charge >= 0.3 is 11.9 Å². The molecule has 3 rings (SSSR count). The highest BCUT2D eigenvalue weighted by molar-refractivity contribution is 6.31. The standard InChI is InChI=1S/C20H22ClNO5/c1-5-22-11(4)14(18(23)26-10(2)3)15(12-8-6-7-9-13(12)21)16-17(22)20(25)27-19(16)24/h6-10,15,20,25H,5H2,1-4H3. The predicted molar refractivity (Wildman–Crippen MR) is 99.6 cm³/mol. The highest BCUT2D eigenvalue weighted by Crippen LogP contribution is 2.47. The summed E-state index contributed by atoms with van der Waals surface area (Å²) < 4.78 is 10.5. The van der Waals surface area contributed by atoms with Gasteiger partial charge in [-0.15, -0.1) is 0 Å². The van der Waals surface area contributed by atoms with Gasteiger partial charge in [0.25, 0.3) is 0 Å². The average Bonchev–Trinajstić information content (AvgIpc) is 2.88. The highest BCUT2D eigenvalue weighted by Gasteiger charge is 2.48. The summed E-state index contributed by atoms with van der Waals surface area (Å²) in [6, 6.07) is 7.01. The molecule has 2 atom stereocenters. The number of aliphatic hydroxyl groups excluding tert-OH is 1. The van der Waals surface area contributed by atoms with Gasteiger partial charge in [-0.25, -0.2) is 9.59 Å². The molecule has 0 saturated carbocycles. The minimum Gasteiger partial charge on any atom is -0.460 e. The summed E-state index contributed by atoms with van der Waals surface area (Å²) in [5.41, 5.74) is 2.08. The monoisotopic (exact) mass is 391 g/mol. The van der Waals surface area contributed by atoms with E-state index in [1.54, 1.807) is 49.9 Å². The number of hydrogen-bond donors (Lipinski definition) is 1. The number of aliphatic hydroxyl groups is 1. The fourth-order valence-corrected chi connectivity index (χ4v) is 3.90. The van der Waals surface area contributed by atoms with Gasteiger partial charge in [0, 0.05) is 17.3 Å². The fraction of sp³-hybridized carbons (Fsp3) is 0.400. The lowest BCUT2D eigenvalue weighted by molar-refractivity contribution is -0.153. The molecule has 0 aliphatic carbocycles. The van der Waals surface area contributed by atoms with E-state index in [4.69, 9.17) is 21.1 Å². The Bertz CT molecular complexity index is 858. The number of halogens is 1. The molecular formula is C20H22ClNO5. The molecule has 2 aliphatic rings. The summed E-state index contributed by atoms with van der Waals surface area (Å²) in [5.74, 6) is -1.96. The second kappa shape index (κ2) is 7.37. The molecule has 0 aromatic heterocycles. The van der Waals surface area contributed by atoms with Crippen molar-refractivity contribution in [3.05, 3.63) is 57.4 Å². The summed E-state index contributed by atoms with van der Waals surface area (Å²) >= 11 is 6.40. The van der Waals surface area contributed by atoms with Crippen molar-refractivity contribution in [2.24, 2.45) is 0 Å². The first-order valence-corrected chi connectivity index (χ1v) is 9.22. The average molecular weight is 392 g/mol. The number of allylic oxidation sites excluding steroid dienone is 1. The summed E-state index contributed by atoms with van der Waals surface area (Å²) in [6.45, 7) is 7.61. The lowest BCUT2D eigenvalue weighted by Gasteiger charge is -2.36. The van der Waals surface area contributed by atoms with E-state index < -0.39 is 24.1 Å². The van der Waals surface area contributed by atoms with Gasteiger partial charge in [0.2, 0.25) is 6.29 Å². The molecule has 1 aromatic rings. The van der Waals surface area contributed by atoms with E-state index in [1.807, 2.05) is 6.92 Å². The third-order valence-corrected chi connectivity index (χ3v) is 5.05. The molecule has 0 fully saturated rings. The lowest BCUT2D eigenvalue weighted by atomic mass is 9.80. The molecular weight excluding hydrogens is 370 g/mol. The highest BCUT2D eigenvalue weighted by atomic mass is 35.5. The molecule has 1 N–H and O–H groups in total. The first kappa shape index (κ1) is 19.5. The number of carbonyl (C=O) groups is 2. The van der Waals surface area contributed by atoms with Crippen LogP contribution in [0.4, 0.5) is 0 Å². The number of likely N-dealkylation sites (N-methyl/N-ethyl adjacent to an activating group) is 1. The summed E-state index contributed by atoms with van der Waals surface area (Å²) in [6.07, 6.45) is -1.70. The number of nitrogens with zero attached hydrogens (tertiary/aromatic N) is 1. The van der Waals surface area contributed by atoms with Crippen molar-refractivity contribution in [3.63, 3.8) is 0 Å². The molecule has 0 bridgehead atoms. The van der Waals surface area contributed by atoms with Crippen molar-refractivity contribution in [1.82, 2.24) is 4.90 Å². The van der Waals surface area contributed by atoms with E-state index in [2.05, 4.69) is 0 Å². The van der Waals surface area contributed by atoms with Crippen LogP contribution < -0.4 is 0 Å². The number of benzene rings is 1. The van der Waals surface area contributed by atoms with E-state index in [-0.39, 0.29) is 11.7 Å². The lowest BCUT2D eigenvalue weighted by Crippen LogP contribution is -2.36. The third kappa shape index (κ3) is 3.24. The van der Waals surface area contributed by atoms with E-state index in [1.165, 1.54) is 0 Å². The minimum absolute atomic E-state index is 0.221. The molecule has 144 valence electrons. The van der Waals surface area contributed by atoms with Crippen LogP contribution >= 0.6 is 11.6 Å². The first-order valence-electron chi connectivity index (χ1n) is 8.84. The van der Waals surface area contributed by atoms with Gasteiger partial charge in [-0.3, -0.25) is 0 Å². The molecule has 0 radical (unpaired) electrons. The molecule has 2 heterocycles. The van der Waals surface area contributed by atoms with Crippen LogP contribution in [-0.4, -0.2) is 40.9 Å². The minimum atomic E-state index is -1.38. The van der Waals surface area contributed by atoms with Crippen LogP contribution in [0.15, 0.2) is 46.8 Å². The Hall–Kier alpha value is -2.31. The van der Waals surface area contributed by atoms with Crippen LogP contribution in [0.3, 0.4) is 0 Å². The van der Waals surface area contributed by atoms with Crippen molar-refractivity contribution < 1.29 is 24.2 Å². The number of cyclic esters (lactones) is 1. The Kier molecular flexibility index (Phi) is 5.31. The van der Waals surface area contributed by atoms with Gasteiger partial charge in [0.15, 0.2) is 0 Å². The number of rotatable bonds is 4. The van der Waals surface area contributed by atoms with Crippen molar-refractivity contribution >= 4 is 23.5 Å². The van der Waals surface area contributed by atoms with Gasteiger partial charge in [-0.1, -0.05) is 29.8 Å². The van der Waals surface area contributed by atoms with Crippen molar-refractivity contribution in [1.29, 1.82) is 0 Å². The van der Waals surface area contributed by atoms with Gasteiger partial charge in [0.05, 0.1) is 28.9 Å². The zero-order valence-electron chi connectivity index (χ0n) is 15.7. The third-order valence-electron chi connectivity index (χ3n) is 4.71. The largest absolute Gasteiger partial charge is 0.460 e. The van der Waals surface area contributed by atoms with E-state index in [9.17, 15) is 14.7 Å². The van der Waals surface area contributed by atoms with Crippen LogP contribution in [0.5, 0.6) is 0 Å². The molecule has 7 heteroatoms. The molecule has 6 nitrogen and oxygen atoms in total. The van der Waals surface area contributed by atoms with Crippen molar-refractivity contribution in [2.45, 2.75) is 46.0 Å². The van der Waals surface area contributed by atoms with E-state index in [0.29, 0.717) is 34.1 Å². The predicted octanol–water partition coefficient (Wildman–Crippen LogP) is 3.11. The van der Waals surface area contributed by atoms with E-state index in [0.717, 1.165) is 0 Å². The van der Waals surface area contributed by atoms with Crippen LogP contribution in [0.2, 0.25) is 5.02 Å². The molecule has 0 saturated heterocycles. The summed E-state index contributed by atoms with van der Waals surface area (Å²) in [5, 5.41) is 10.7. The second-order valence-corrected chi connectivity index (χ2v) is 7.12. The quantitative estimate of drug-likeness (QED) is 0.795. The number of hydrogen-bond acceptors (Lipinski definition) is 6. The van der Waals surface area contributed by atoms with Gasteiger partial charge in [0.1, 0.15) is 0 Å². The maximum Gasteiger partial charge on any atom is 0.339 e. The number of ether oxygens (including phenoxy) is 2.